The van der Waals surface area contributed by atoms with Crippen molar-refractivity contribution >= 4 is 35.1 Å². The monoisotopic (exact) mass is 441 g/mol. The Kier molecular flexibility index (Phi) is 7.90. The molecule has 31 heavy (non-hydrogen) atoms. The Morgan fingerprint density at radius 2 is 1.84 bits per heavy atom. The van der Waals surface area contributed by atoms with Crippen molar-refractivity contribution in [3.8, 4) is 0 Å². The van der Waals surface area contributed by atoms with E-state index in [0.717, 1.165) is 43.0 Å². The number of nitrogens with zero attached hydrogens (tertiary/aromatic N) is 3. The maximum atomic E-state index is 12.2. The van der Waals surface area contributed by atoms with Gasteiger partial charge in [0.25, 0.3) is 0 Å². The highest BCUT2D eigenvalue weighted by Crippen LogP contribution is 2.23. The summed E-state index contributed by atoms with van der Waals surface area (Å²) >= 11 is 1.36. The molecule has 1 aliphatic heterocycles. The molecular formula is C23H31N5O2S. The minimum atomic E-state index is -0.0686. The fourth-order valence-electron chi connectivity index (χ4n) is 3.49. The number of amides is 2. The number of benzene rings is 1. The van der Waals surface area contributed by atoms with Gasteiger partial charge in [-0.2, -0.15) is 0 Å². The lowest BCUT2D eigenvalue weighted by atomic mass is 9.95. The molecule has 2 aromatic rings. The molecule has 0 bridgehead atoms. The van der Waals surface area contributed by atoms with Crippen LogP contribution in [-0.2, 0) is 9.59 Å². The van der Waals surface area contributed by atoms with E-state index in [1.54, 1.807) is 0 Å². The highest BCUT2D eigenvalue weighted by atomic mass is 32.2. The minimum absolute atomic E-state index is 0.0669. The molecule has 0 radical (unpaired) electrons. The molecule has 2 amide bonds. The molecule has 0 atom stereocenters. The second-order valence-electron chi connectivity index (χ2n) is 8.29. The largest absolute Gasteiger partial charge is 0.355 e. The molecule has 1 aromatic carbocycles. The van der Waals surface area contributed by atoms with Gasteiger partial charge in [0.05, 0.1) is 5.75 Å². The molecule has 1 aromatic heterocycles. The van der Waals surface area contributed by atoms with E-state index in [0.29, 0.717) is 5.03 Å². The number of aryl methyl sites for hydroxylation is 2. The third-order valence-electron chi connectivity index (χ3n) is 5.39. The lowest BCUT2D eigenvalue weighted by molar-refractivity contribution is -0.126. The number of rotatable bonds is 7. The molecule has 7 nitrogen and oxygen atoms in total. The van der Waals surface area contributed by atoms with E-state index in [-0.39, 0.29) is 29.5 Å². The van der Waals surface area contributed by atoms with Gasteiger partial charge in [-0.05, 0) is 75.9 Å². The summed E-state index contributed by atoms with van der Waals surface area (Å²) in [7, 11) is 0. The highest BCUT2D eigenvalue weighted by Gasteiger charge is 2.26. The topological polar surface area (TPSA) is 87.2 Å². The normalized spacial score (nSPS) is 14.5. The van der Waals surface area contributed by atoms with Crippen molar-refractivity contribution in [2.24, 2.45) is 5.92 Å². The van der Waals surface area contributed by atoms with E-state index >= 15 is 0 Å². The van der Waals surface area contributed by atoms with Gasteiger partial charge in [0.1, 0.15) is 5.03 Å². The van der Waals surface area contributed by atoms with Crippen LogP contribution in [0, 0.1) is 19.8 Å². The number of aromatic nitrogens is 2. The van der Waals surface area contributed by atoms with Gasteiger partial charge in [0.2, 0.25) is 11.8 Å². The van der Waals surface area contributed by atoms with Crippen LogP contribution in [0.2, 0.25) is 0 Å². The van der Waals surface area contributed by atoms with E-state index in [1.807, 2.05) is 58.0 Å². The van der Waals surface area contributed by atoms with Gasteiger partial charge >= 0.3 is 0 Å². The maximum absolute atomic E-state index is 12.2. The quantitative estimate of drug-likeness (QED) is 0.639. The second kappa shape index (κ2) is 10.6. The molecule has 0 saturated carbocycles. The van der Waals surface area contributed by atoms with Crippen molar-refractivity contribution < 1.29 is 9.59 Å². The molecule has 1 fully saturated rings. The van der Waals surface area contributed by atoms with Crippen LogP contribution in [0.25, 0.3) is 0 Å². The zero-order valence-electron chi connectivity index (χ0n) is 18.6. The number of anilines is 2. The van der Waals surface area contributed by atoms with Crippen molar-refractivity contribution in [1.82, 2.24) is 15.5 Å². The van der Waals surface area contributed by atoms with Crippen molar-refractivity contribution in [2.75, 3.05) is 29.1 Å². The van der Waals surface area contributed by atoms with Crippen LogP contribution in [0.5, 0.6) is 0 Å². The molecule has 1 aliphatic rings. The minimum Gasteiger partial charge on any atom is -0.355 e. The van der Waals surface area contributed by atoms with Crippen LogP contribution in [0.3, 0.4) is 0 Å². The Morgan fingerprint density at radius 1 is 1.10 bits per heavy atom. The Hall–Kier alpha value is -2.61. The summed E-state index contributed by atoms with van der Waals surface area (Å²) in [6, 6.07) is 9.89. The number of nitrogens with one attached hydrogen (secondary N) is 2. The summed E-state index contributed by atoms with van der Waals surface area (Å²) in [6.07, 6.45) is 1.63. The first-order chi connectivity index (χ1) is 14.8. The first kappa shape index (κ1) is 23.1. The smallest absolute Gasteiger partial charge is 0.234 e. The molecule has 2 N–H and O–H groups in total. The van der Waals surface area contributed by atoms with E-state index in [4.69, 9.17) is 0 Å². The van der Waals surface area contributed by atoms with Gasteiger partial charge < -0.3 is 15.5 Å². The fourth-order valence-corrected chi connectivity index (χ4v) is 4.10. The Balaban J connectivity index is 1.45. The molecule has 8 heteroatoms. The number of hydrogen-bond donors (Lipinski definition) is 2. The Labute approximate surface area is 188 Å². The van der Waals surface area contributed by atoms with Crippen molar-refractivity contribution in [1.29, 1.82) is 0 Å². The zero-order valence-corrected chi connectivity index (χ0v) is 19.5. The van der Waals surface area contributed by atoms with E-state index in [9.17, 15) is 9.59 Å². The second-order valence-corrected chi connectivity index (χ2v) is 9.29. The number of piperidine rings is 1. The summed E-state index contributed by atoms with van der Waals surface area (Å²) < 4.78 is 0. The van der Waals surface area contributed by atoms with Gasteiger partial charge in [0, 0.05) is 30.7 Å². The van der Waals surface area contributed by atoms with E-state index in [2.05, 4.69) is 25.7 Å². The average Bonchev–Trinajstić information content (AvgIpc) is 2.75. The summed E-state index contributed by atoms with van der Waals surface area (Å²) in [5, 5.41) is 15.2. The fraction of sp³-hybridized carbons (Fsp3) is 0.478. The standard InChI is InChI=1S/C23H31N5O2S/c1-15(2)24-23(30)18-9-11-28(12-10-18)20-7-8-22(27-26-20)31-14-21(29)25-19-6-5-16(3)17(4)13-19/h5-8,13,15,18H,9-12,14H2,1-4H3,(H,24,30)(H,25,29). The summed E-state index contributed by atoms with van der Waals surface area (Å²) in [5.41, 5.74) is 3.16. The molecule has 1 saturated heterocycles. The van der Waals surface area contributed by atoms with Gasteiger partial charge in [-0.3, -0.25) is 9.59 Å². The molecule has 2 heterocycles. The summed E-state index contributed by atoms with van der Waals surface area (Å²) in [4.78, 5) is 26.6. The first-order valence-corrected chi connectivity index (χ1v) is 11.7. The lowest BCUT2D eigenvalue weighted by Gasteiger charge is -2.32. The maximum Gasteiger partial charge on any atom is 0.234 e. The van der Waals surface area contributed by atoms with Gasteiger partial charge in [-0.1, -0.05) is 17.8 Å². The van der Waals surface area contributed by atoms with E-state index < -0.39 is 0 Å². The lowest BCUT2D eigenvalue weighted by Crippen LogP contribution is -2.42. The van der Waals surface area contributed by atoms with Crippen LogP contribution < -0.4 is 15.5 Å². The summed E-state index contributed by atoms with van der Waals surface area (Å²) in [6.45, 7) is 9.61. The average molecular weight is 442 g/mol. The molecular weight excluding hydrogens is 410 g/mol. The Morgan fingerprint density at radius 3 is 2.45 bits per heavy atom. The van der Waals surface area contributed by atoms with Crippen LogP contribution in [0.1, 0.15) is 37.8 Å². The molecule has 0 unspecified atom stereocenters. The van der Waals surface area contributed by atoms with E-state index in [1.165, 1.54) is 17.3 Å². The predicted octanol–water partition coefficient (Wildman–Crippen LogP) is 3.57. The zero-order chi connectivity index (χ0) is 22.4. The Bertz CT molecular complexity index is 909. The van der Waals surface area contributed by atoms with Gasteiger partial charge in [-0.15, -0.1) is 10.2 Å². The van der Waals surface area contributed by atoms with Crippen LogP contribution in [-0.4, -0.2) is 46.9 Å². The molecule has 0 spiro atoms. The SMILES string of the molecule is Cc1ccc(NC(=O)CSc2ccc(N3CCC(C(=O)NC(C)C)CC3)nn2)cc1C. The van der Waals surface area contributed by atoms with Gasteiger partial charge in [0.15, 0.2) is 5.82 Å². The number of carbonyl (C=O) groups excluding carboxylic acids is 2. The molecule has 3 rings (SSSR count). The predicted molar refractivity (Wildman–Crippen MR) is 126 cm³/mol. The van der Waals surface area contributed by atoms with Crippen molar-refractivity contribution in [2.45, 2.75) is 51.6 Å². The molecule has 0 aliphatic carbocycles. The summed E-state index contributed by atoms with van der Waals surface area (Å²) in [5.74, 6) is 1.23. The third kappa shape index (κ3) is 6.69. The number of hydrogen-bond acceptors (Lipinski definition) is 6. The number of carbonyl (C=O) groups is 2. The molecule has 166 valence electrons. The first-order valence-electron chi connectivity index (χ1n) is 10.7. The highest BCUT2D eigenvalue weighted by molar-refractivity contribution is 7.99. The number of thioether (sulfide) groups is 1. The van der Waals surface area contributed by atoms with Crippen LogP contribution in [0.15, 0.2) is 35.4 Å². The third-order valence-corrected chi connectivity index (χ3v) is 6.31. The van der Waals surface area contributed by atoms with Crippen LogP contribution in [0.4, 0.5) is 11.5 Å². The van der Waals surface area contributed by atoms with Crippen molar-refractivity contribution in [3.63, 3.8) is 0 Å². The van der Waals surface area contributed by atoms with Crippen molar-refractivity contribution in [3.05, 3.63) is 41.5 Å². The van der Waals surface area contributed by atoms with Gasteiger partial charge in [-0.25, -0.2) is 0 Å². The van der Waals surface area contributed by atoms with Crippen LogP contribution >= 0.6 is 11.8 Å².